The van der Waals surface area contributed by atoms with Crippen molar-refractivity contribution in [2.24, 2.45) is 0 Å². The number of halogens is 2. The van der Waals surface area contributed by atoms with E-state index >= 15 is 0 Å². The Morgan fingerprint density at radius 1 is 1.11 bits per heavy atom. The summed E-state index contributed by atoms with van der Waals surface area (Å²) in [5, 5.41) is 14.4. The maximum Gasteiger partial charge on any atom is 0.322 e. The van der Waals surface area contributed by atoms with E-state index in [0.29, 0.717) is 32.9 Å². The normalized spacial score (nSPS) is 10.6. The van der Waals surface area contributed by atoms with Gasteiger partial charge in [0.25, 0.3) is 5.91 Å². The molecule has 0 aliphatic carbocycles. The molecule has 0 aliphatic rings. The summed E-state index contributed by atoms with van der Waals surface area (Å²) in [5.74, 6) is -1.01. The minimum Gasteiger partial charge on any atom is -0.487 e. The van der Waals surface area contributed by atoms with Crippen LogP contribution in [0.4, 0.5) is 5.69 Å². The lowest BCUT2D eigenvalue weighted by Crippen LogP contribution is -2.29. The topological polar surface area (TPSA) is 87.7 Å². The maximum atomic E-state index is 12.0. The number of nitrogens with one attached hydrogen (secondary N) is 2. The van der Waals surface area contributed by atoms with Gasteiger partial charge in [-0.3, -0.25) is 9.59 Å². The summed E-state index contributed by atoms with van der Waals surface area (Å²) >= 11 is 6.84. The third-order valence-corrected chi connectivity index (χ3v) is 4.81. The molecule has 6 nitrogen and oxygen atoms in total. The third-order valence-electron chi connectivity index (χ3n) is 3.64. The SMILES string of the molecule is Cc1cc(COc2c(Br)cc(C(=O)NCC(=O)O)cc2Br)cc(NC(C)C)c1. The highest BCUT2D eigenvalue weighted by molar-refractivity contribution is 9.11. The van der Waals surface area contributed by atoms with Gasteiger partial charge in [-0.05, 0) is 88.0 Å². The van der Waals surface area contributed by atoms with Gasteiger partial charge in [0.15, 0.2) is 0 Å². The van der Waals surface area contributed by atoms with Crippen LogP contribution in [-0.4, -0.2) is 29.6 Å². The minimum atomic E-state index is -1.10. The quantitative estimate of drug-likeness (QED) is 0.474. The Labute approximate surface area is 180 Å². The largest absolute Gasteiger partial charge is 0.487 e. The summed E-state index contributed by atoms with van der Waals surface area (Å²) in [7, 11) is 0. The van der Waals surface area contributed by atoms with Gasteiger partial charge in [-0.25, -0.2) is 0 Å². The molecule has 1 amide bonds. The number of aliphatic carboxylic acids is 1. The van der Waals surface area contributed by atoms with Crippen molar-refractivity contribution in [2.45, 2.75) is 33.4 Å². The molecule has 0 aromatic heterocycles. The maximum absolute atomic E-state index is 12.0. The molecule has 0 aliphatic heterocycles. The van der Waals surface area contributed by atoms with Crippen LogP contribution in [0.5, 0.6) is 5.75 Å². The Morgan fingerprint density at radius 3 is 2.32 bits per heavy atom. The van der Waals surface area contributed by atoms with Crippen molar-refractivity contribution in [2.75, 3.05) is 11.9 Å². The smallest absolute Gasteiger partial charge is 0.322 e. The molecule has 0 unspecified atom stereocenters. The number of benzene rings is 2. The zero-order chi connectivity index (χ0) is 20.8. The van der Waals surface area contributed by atoms with E-state index in [4.69, 9.17) is 9.84 Å². The molecule has 0 saturated heterocycles. The van der Waals surface area contributed by atoms with E-state index in [1.165, 1.54) is 0 Å². The number of carbonyl (C=O) groups excluding carboxylic acids is 1. The minimum absolute atomic E-state index is 0.325. The predicted octanol–water partition coefficient (Wildman–Crippen LogP) is 4.73. The lowest BCUT2D eigenvalue weighted by molar-refractivity contribution is -0.135. The van der Waals surface area contributed by atoms with Crippen molar-refractivity contribution in [1.82, 2.24) is 5.32 Å². The zero-order valence-electron chi connectivity index (χ0n) is 15.8. The lowest BCUT2D eigenvalue weighted by Gasteiger charge is -2.15. The zero-order valence-corrected chi connectivity index (χ0v) is 19.0. The van der Waals surface area contributed by atoms with Crippen molar-refractivity contribution >= 4 is 49.4 Å². The lowest BCUT2D eigenvalue weighted by atomic mass is 10.1. The molecular formula is C20H22Br2N2O4. The molecule has 0 saturated carbocycles. The molecule has 0 heterocycles. The monoisotopic (exact) mass is 512 g/mol. The van der Waals surface area contributed by atoms with Crippen LogP contribution in [0.2, 0.25) is 0 Å². The van der Waals surface area contributed by atoms with E-state index in [2.05, 4.69) is 68.5 Å². The number of anilines is 1. The first-order chi connectivity index (χ1) is 13.2. The van der Waals surface area contributed by atoms with Crippen molar-refractivity contribution < 1.29 is 19.4 Å². The summed E-state index contributed by atoms with van der Waals surface area (Å²) in [6.07, 6.45) is 0. The highest BCUT2D eigenvalue weighted by Crippen LogP contribution is 2.35. The highest BCUT2D eigenvalue weighted by atomic mass is 79.9. The number of rotatable bonds is 8. The molecule has 8 heteroatoms. The second-order valence-electron chi connectivity index (χ2n) is 6.64. The van der Waals surface area contributed by atoms with Gasteiger partial charge >= 0.3 is 5.97 Å². The van der Waals surface area contributed by atoms with E-state index in [1.54, 1.807) is 12.1 Å². The molecule has 2 aromatic rings. The van der Waals surface area contributed by atoms with Crippen molar-refractivity contribution in [3.05, 3.63) is 56.0 Å². The van der Waals surface area contributed by atoms with E-state index in [9.17, 15) is 9.59 Å². The van der Waals surface area contributed by atoms with Crippen LogP contribution in [0.3, 0.4) is 0 Å². The van der Waals surface area contributed by atoms with Crippen LogP contribution >= 0.6 is 31.9 Å². The summed E-state index contributed by atoms with van der Waals surface area (Å²) in [6.45, 7) is 6.12. The Kier molecular flexibility index (Phi) is 7.88. The molecular weight excluding hydrogens is 492 g/mol. The number of hydrogen-bond donors (Lipinski definition) is 3. The average molecular weight is 514 g/mol. The van der Waals surface area contributed by atoms with Crippen LogP contribution in [0.15, 0.2) is 39.3 Å². The molecule has 28 heavy (non-hydrogen) atoms. The molecule has 0 radical (unpaired) electrons. The Morgan fingerprint density at radius 2 is 1.75 bits per heavy atom. The molecule has 3 N–H and O–H groups in total. The summed E-state index contributed by atoms with van der Waals surface area (Å²) in [6, 6.07) is 9.71. The molecule has 2 aromatic carbocycles. The van der Waals surface area contributed by atoms with Gasteiger partial charge in [-0.1, -0.05) is 6.07 Å². The average Bonchev–Trinajstić information content (AvgIpc) is 2.57. The van der Waals surface area contributed by atoms with Gasteiger partial charge in [-0.2, -0.15) is 0 Å². The van der Waals surface area contributed by atoms with Crippen molar-refractivity contribution in [3.63, 3.8) is 0 Å². The number of carboxylic acids is 1. The number of hydrogen-bond acceptors (Lipinski definition) is 4. The van der Waals surface area contributed by atoms with Gasteiger partial charge in [0.05, 0.1) is 8.95 Å². The van der Waals surface area contributed by atoms with Crippen molar-refractivity contribution in [3.8, 4) is 5.75 Å². The van der Waals surface area contributed by atoms with E-state index in [0.717, 1.165) is 16.8 Å². The molecule has 0 bridgehead atoms. The first-order valence-electron chi connectivity index (χ1n) is 8.64. The number of carbonyl (C=O) groups is 2. The first-order valence-corrected chi connectivity index (χ1v) is 10.2. The Bertz CT molecular complexity index is 861. The third kappa shape index (κ3) is 6.53. The first kappa shape index (κ1) is 22.2. The van der Waals surface area contributed by atoms with Crippen LogP contribution in [0, 0.1) is 6.92 Å². The fourth-order valence-electron chi connectivity index (χ4n) is 2.60. The fraction of sp³-hybridized carbons (Fsp3) is 0.300. The Hall–Kier alpha value is -2.06. The molecule has 0 fully saturated rings. The van der Waals surface area contributed by atoms with Gasteiger partial charge in [0.1, 0.15) is 18.9 Å². The summed E-state index contributed by atoms with van der Waals surface area (Å²) in [4.78, 5) is 22.6. The van der Waals surface area contributed by atoms with E-state index in [-0.39, 0.29) is 0 Å². The second kappa shape index (κ2) is 9.93. The number of carboxylic acid groups (broad SMARTS) is 1. The molecule has 0 atom stereocenters. The second-order valence-corrected chi connectivity index (χ2v) is 8.35. The summed E-state index contributed by atoms with van der Waals surface area (Å²) < 4.78 is 7.14. The molecule has 2 rings (SSSR count). The predicted molar refractivity (Wildman–Crippen MR) is 116 cm³/mol. The van der Waals surface area contributed by atoms with E-state index < -0.39 is 18.4 Å². The van der Waals surface area contributed by atoms with E-state index in [1.807, 2.05) is 13.0 Å². The number of aryl methyl sites for hydroxylation is 1. The van der Waals surface area contributed by atoms with Crippen LogP contribution in [0.25, 0.3) is 0 Å². The Balaban J connectivity index is 2.13. The molecule has 150 valence electrons. The van der Waals surface area contributed by atoms with Gasteiger partial charge < -0.3 is 20.5 Å². The standard InChI is InChI=1S/C20H22Br2N2O4/c1-11(2)24-15-5-12(3)4-13(6-15)10-28-19-16(21)7-14(8-17(19)22)20(27)23-9-18(25)26/h4-8,11,24H,9-10H2,1-3H3,(H,23,27)(H,25,26). The van der Waals surface area contributed by atoms with Gasteiger partial charge in [-0.15, -0.1) is 0 Å². The van der Waals surface area contributed by atoms with Crippen LogP contribution in [-0.2, 0) is 11.4 Å². The number of ether oxygens (including phenoxy) is 1. The highest BCUT2D eigenvalue weighted by Gasteiger charge is 2.14. The molecule has 0 spiro atoms. The van der Waals surface area contributed by atoms with Crippen molar-refractivity contribution in [1.29, 1.82) is 0 Å². The van der Waals surface area contributed by atoms with Gasteiger partial charge in [0.2, 0.25) is 0 Å². The number of amides is 1. The summed E-state index contributed by atoms with van der Waals surface area (Å²) in [5.41, 5.74) is 3.52. The van der Waals surface area contributed by atoms with Crippen LogP contribution < -0.4 is 15.4 Å². The fourth-order valence-corrected chi connectivity index (χ4v) is 4.02. The van der Waals surface area contributed by atoms with Crippen LogP contribution in [0.1, 0.15) is 35.3 Å². The van der Waals surface area contributed by atoms with Gasteiger partial charge in [0, 0.05) is 17.3 Å².